The monoisotopic (exact) mass is 332 g/mol. The average Bonchev–Trinajstić information content (AvgIpc) is 2.58. The zero-order chi connectivity index (χ0) is 17.4. The van der Waals surface area contributed by atoms with Crippen molar-refractivity contribution in [2.75, 3.05) is 32.9 Å². The van der Waals surface area contributed by atoms with Crippen molar-refractivity contribution in [1.82, 2.24) is 9.88 Å². The first kappa shape index (κ1) is 17.4. The maximum absolute atomic E-state index is 12.4. The molecule has 2 fully saturated rings. The van der Waals surface area contributed by atoms with Crippen LogP contribution in [0.5, 0.6) is 0 Å². The van der Waals surface area contributed by atoms with Gasteiger partial charge >= 0.3 is 7.12 Å². The van der Waals surface area contributed by atoms with E-state index in [9.17, 15) is 4.79 Å². The van der Waals surface area contributed by atoms with E-state index in [0.717, 1.165) is 5.46 Å². The molecule has 2 aliphatic heterocycles. The third-order valence-electron chi connectivity index (χ3n) is 5.20. The van der Waals surface area contributed by atoms with Crippen molar-refractivity contribution < 1.29 is 18.8 Å². The Balaban J connectivity index is 1.70. The Bertz CT molecular complexity index is 597. The van der Waals surface area contributed by atoms with Crippen LogP contribution in [-0.4, -0.2) is 61.4 Å². The predicted molar refractivity (Wildman–Crippen MR) is 91.2 cm³/mol. The van der Waals surface area contributed by atoms with Gasteiger partial charge in [0.05, 0.1) is 18.8 Å². The minimum atomic E-state index is -0.451. The van der Waals surface area contributed by atoms with E-state index in [2.05, 4.69) is 32.7 Å². The van der Waals surface area contributed by atoms with Crippen LogP contribution >= 0.6 is 0 Å². The summed E-state index contributed by atoms with van der Waals surface area (Å²) in [6.45, 7) is 11.4. The standard InChI is InChI=1S/C17H25BN2O4/c1-16(2)12-23-18(24-17(16,3)4)13-5-6-14(19-11-13)15(21)20-7-9-22-10-8-20/h5-6,11H,7-10,12H2,1-4H3. The van der Waals surface area contributed by atoms with Crippen molar-refractivity contribution in [1.29, 1.82) is 0 Å². The van der Waals surface area contributed by atoms with Crippen LogP contribution < -0.4 is 5.46 Å². The Kier molecular flexibility index (Phi) is 4.68. The number of hydrogen-bond acceptors (Lipinski definition) is 5. The summed E-state index contributed by atoms with van der Waals surface area (Å²) >= 11 is 0. The number of ether oxygens (including phenoxy) is 1. The maximum atomic E-state index is 12.4. The van der Waals surface area contributed by atoms with Gasteiger partial charge in [-0.15, -0.1) is 0 Å². The Morgan fingerprint density at radius 2 is 1.92 bits per heavy atom. The Hall–Kier alpha value is -1.44. The van der Waals surface area contributed by atoms with Crippen molar-refractivity contribution in [2.45, 2.75) is 33.3 Å². The number of aromatic nitrogens is 1. The van der Waals surface area contributed by atoms with Crippen LogP contribution in [0.2, 0.25) is 0 Å². The number of nitrogens with zero attached hydrogens (tertiary/aromatic N) is 2. The third-order valence-corrected chi connectivity index (χ3v) is 5.20. The highest BCUT2D eigenvalue weighted by atomic mass is 16.6. The molecule has 24 heavy (non-hydrogen) atoms. The quantitative estimate of drug-likeness (QED) is 0.759. The average molecular weight is 332 g/mol. The number of morpholine rings is 1. The molecule has 130 valence electrons. The highest BCUT2D eigenvalue weighted by Crippen LogP contribution is 2.37. The van der Waals surface area contributed by atoms with Crippen molar-refractivity contribution >= 4 is 18.5 Å². The van der Waals surface area contributed by atoms with Gasteiger partial charge in [-0.2, -0.15) is 0 Å². The van der Waals surface area contributed by atoms with Crippen LogP contribution in [0, 0.1) is 5.41 Å². The van der Waals surface area contributed by atoms with E-state index in [1.165, 1.54) is 0 Å². The van der Waals surface area contributed by atoms with Gasteiger partial charge in [0.1, 0.15) is 5.69 Å². The van der Waals surface area contributed by atoms with Gasteiger partial charge in [-0.3, -0.25) is 9.78 Å². The molecular formula is C17H25BN2O4. The molecule has 3 heterocycles. The minimum absolute atomic E-state index is 0.0585. The number of pyridine rings is 1. The summed E-state index contributed by atoms with van der Waals surface area (Å²) < 4.78 is 17.2. The third kappa shape index (κ3) is 3.34. The van der Waals surface area contributed by atoms with Gasteiger partial charge < -0.3 is 18.9 Å². The van der Waals surface area contributed by atoms with E-state index < -0.39 is 7.12 Å². The first-order chi connectivity index (χ1) is 11.3. The second-order valence-electron chi connectivity index (χ2n) is 7.54. The van der Waals surface area contributed by atoms with Crippen LogP contribution in [0.25, 0.3) is 0 Å². The summed E-state index contributed by atoms with van der Waals surface area (Å²) in [6, 6.07) is 3.60. The summed E-state index contributed by atoms with van der Waals surface area (Å²) in [5, 5.41) is 0. The Labute approximate surface area is 143 Å². The summed E-state index contributed by atoms with van der Waals surface area (Å²) in [6.07, 6.45) is 1.67. The molecule has 6 nitrogen and oxygen atoms in total. The van der Waals surface area contributed by atoms with Gasteiger partial charge in [0.25, 0.3) is 5.91 Å². The fourth-order valence-corrected chi connectivity index (χ4v) is 2.68. The van der Waals surface area contributed by atoms with Crippen LogP contribution in [0.4, 0.5) is 0 Å². The second kappa shape index (κ2) is 6.46. The number of carbonyl (C=O) groups excluding carboxylic acids is 1. The first-order valence-electron chi connectivity index (χ1n) is 8.43. The number of hydrogen-bond donors (Lipinski definition) is 0. The Morgan fingerprint density at radius 3 is 2.50 bits per heavy atom. The van der Waals surface area contributed by atoms with Gasteiger partial charge in [0.2, 0.25) is 0 Å². The molecule has 3 rings (SSSR count). The zero-order valence-electron chi connectivity index (χ0n) is 14.9. The van der Waals surface area contributed by atoms with E-state index in [-0.39, 0.29) is 16.9 Å². The molecule has 1 aromatic rings. The summed E-state index contributed by atoms with van der Waals surface area (Å²) in [7, 11) is -0.451. The molecule has 1 amide bonds. The molecular weight excluding hydrogens is 307 g/mol. The molecule has 0 saturated carbocycles. The Morgan fingerprint density at radius 1 is 1.21 bits per heavy atom. The first-order valence-corrected chi connectivity index (χ1v) is 8.43. The number of rotatable bonds is 2. The van der Waals surface area contributed by atoms with Gasteiger partial charge in [0.15, 0.2) is 0 Å². The van der Waals surface area contributed by atoms with Gasteiger partial charge in [-0.1, -0.05) is 19.9 Å². The molecule has 0 aromatic carbocycles. The lowest BCUT2D eigenvalue weighted by Crippen LogP contribution is -2.58. The highest BCUT2D eigenvalue weighted by Gasteiger charge is 2.47. The minimum Gasteiger partial charge on any atom is -0.407 e. The van der Waals surface area contributed by atoms with Crippen LogP contribution in [-0.2, 0) is 14.0 Å². The van der Waals surface area contributed by atoms with E-state index in [1.54, 1.807) is 17.2 Å². The molecule has 2 saturated heterocycles. The molecule has 0 aliphatic carbocycles. The van der Waals surface area contributed by atoms with Gasteiger partial charge in [0, 0.05) is 36.8 Å². The van der Waals surface area contributed by atoms with Crippen LogP contribution in [0.1, 0.15) is 38.2 Å². The van der Waals surface area contributed by atoms with E-state index in [4.69, 9.17) is 14.0 Å². The van der Waals surface area contributed by atoms with Crippen molar-refractivity contribution in [3.8, 4) is 0 Å². The zero-order valence-corrected chi connectivity index (χ0v) is 14.9. The van der Waals surface area contributed by atoms with E-state index in [1.807, 2.05) is 6.07 Å². The molecule has 2 aliphatic rings. The highest BCUT2D eigenvalue weighted by molar-refractivity contribution is 6.61. The fourth-order valence-electron chi connectivity index (χ4n) is 2.68. The lowest BCUT2D eigenvalue weighted by Gasteiger charge is -2.47. The van der Waals surface area contributed by atoms with Gasteiger partial charge in [-0.05, 0) is 19.9 Å². The molecule has 0 bridgehead atoms. The molecule has 7 heteroatoms. The lowest BCUT2D eigenvalue weighted by molar-refractivity contribution is -0.0937. The molecule has 0 N–H and O–H groups in total. The summed E-state index contributed by atoms with van der Waals surface area (Å²) in [4.78, 5) is 18.5. The molecule has 0 spiro atoms. The second-order valence-corrected chi connectivity index (χ2v) is 7.54. The lowest BCUT2D eigenvalue weighted by atomic mass is 9.69. The van der Waals surface area contributed by atoms with E-state index >= 15 is 0 Å². The van der Waals surface area contributed by atoms with Crippen LogP contribution in [0.3, 0.4) is 0 Å². The molecule has 0 radical (unpaired) electrons. The normalized spacial score (nSPS) is 23.2. The largest absolute Gasteiger partial charge is 0.495 e. The van der Waals surface area contributed by atoms with Crippen molar-refractivity contribution in [3.05, 3.63) is 24.0 Å². The fraction of sp³-hybridized carbons (Fsp3) is 0.647. The topological polar surface area (TPSA) is 60.9 Å². The van der Waals surface area contributed by atoms with Gasteiger partial charge in [-0.25, -0.2) is 0 Å². The van der Waals surface area contributed by atoms with E-state index in [0.29, 0.717) is 38.6 Å². The van der Waals surface area contributed by atoms with Crippen LogP contribution in [0.15, 0.2) is 18.3 Å². The maximum Gasteiger partial charge on any atom is 0.495 e. The summed E-state index contributed by atoms with van der Waals surface area (Å²) in [5.41, 5.74) is 0.898. The molecule has 1 aromatic heterocycles. The van der Waals surface area contributed by atoms with Crippen molar-refractivity contribution in [2.24, 2.45) is 5.41 Å². The SMILES string of the molecule is CC1(C)COB(c2ccc(C(=O)N3CCOCC3)nc2)OC1(C)C. The molecule has 0 atom stereocenters. The smallest absolute Gasteiger partial charge is 0.407 e. The van der Waals surface area contributed by atoms with Crippen molar-refractivity contribution in [3.63, 3.8) is 0 Å². The predicted octanol–water partition coefficient (Wildman–Crippen LogP) is 1.10. The number of amides is 1. The number of carbonyl (C=O) groups is 1. The molecule has 0 unspecified atom stereocenters. The summed E-state index contributed by atoms with van der Waals surface area (Å²) in [5.74, 6) is -0.0585.